The molecule has 0 bridgehead atoms. The standard InChI is InChI=1S/C31H37N3O4S/c1-19(2)14-26(34-17-22(11-12-28(34)35)24-10-5-6-13-32-24)31(38)33-25(16-29(36)37)23-15-27(39-18-23)30-20(3)8-7-9-21(30)4/h5-10,13,15,18-19,22,25-26H,11-12,14,16-17H2,1-4H3,(H,33,38)(H,36,37)/t22?,25-,26+/m1/s1. The quantitative estimate of drug-likeness (QED) is 0.330. The van der Waals surface area contributed by atoms with Gasteiger partial charge in [0.25, 0.3) is 0 Å². The van der Waals surface area contributed by atoms with Crippen molar-refractivity contribution in [2.75, 3.05) is 6.54 Å². The van der Waals surface area contributed by atoms with Crippen LogP contribution in [-0.4, -0.2) is 45.4 Å². The Labute approximate surface area is 234 Å². The van der Waals surface area contributed by atoms with Crippen molar-refractivity contribution < 1.29 is 19.5 Å². The molecule has 1 aliphatic heterocycles. The Morgan fingerprint density at radius 3 is 2.54 bits per heavy atom. The van der Waals surface area contributed by atoms with E-state index in [9.17, 15) is 19.5 Å². The molecule has 2 aromatic heterocycles. The smallest absolute Gasteiger partial charge is 0.305 e. The van der Waals surface area contributed by atoms with Gasteiger partial charge < -0.3 is 15.3 Å². The fourth-order valence-corrected chi connectivity index (χ4v) is 6.56. The number of amides is 2. The van der Waals surface area contributed by atoms with Gasteiger partial charge in [0.15, 0.2) is 0 Å². The van der Waals surface area contributed by atoms with Crippen molar-refractivity contribution in [2.45, 2.75) is 71.4 Å². The zero-order chi connectivity index (χ0) is 28.1. The van der Waals surface area contributed by atoms with Gasteiger partial charge in [0.2, 0.25) is 11.8 Å². The predicted molar refractivity (Wildman–Crippen MR) is 154 cm³/mol. The second-order valence-electron chi connectivity index (χ2n) is 10.9. The lowest BCUT2D eigenvalue weighted by molar-refractivity contribution is -0.144. The van der Waals surface area contributed by atoms with Gasteiger partial charge in [-0.05, 0) is 78.4 Å². The van der Waals surface area contributed by atoms with Gasteiger partial charge >= 0.3 is 5.97 Å². The van der Waals surface area contributed by atoms with Crippen LogP contribution in [0.5, 0.6) is 0 Å². The molecule has 0 aliphatic carbocycles. The number of nitrogens with one attached hydrogen (secondary N) is 1. The number of carboxylic acids is 1. The van der Waals surface area contributed by atoms with Crippen LogP contribution in [0.4, 0.5) is 0 Å². The summed E-state index contributed by atoms with van der Waals surface area (Å²) in [7, 11) is 0. The van der Waals surface area contributed by atoms with Crippen molar-refractivity contribution in [3.63, 3.8) is 0 Å². The van der Waals surface area contributed by atoms with E-state index in [4.69, 9.17) is 0 Å². The largest absolute Gasteiger partial charge is 0.481 e. The lowest BCUT2D eigenvalue weighted by Gasteiger charge is -2.38. The van der Waals surface area contributed by atoms with Gasteiger partial charge in [-0.2, -0.15) is 0 Å². The van der Waals surface area contributed by atoms with E-state index in [0.717, 1.165) is 32.8 Å². The minimum Gasteiger partial charge on any atom is -0.481 e. The highest BCUT2D eigenvalue weighted by atomic mass is 32.1. The maximum Gasteiger partial charge on any atom is 0.305 e. The molecule has 1 fully saturated rings. The number of benzene rings is 1. The summed E-state index contributed by atoms with van der Waals surface area (Å²) in [5, 5.41) is 14.6. The maximum absolute atomic E-state index is 13.8. The minimum atomic E-state index is -0.996. The number of likely N-dealkylation sites (tertiary alicyclic amines) is 1. The highest BCUT2D eigenvalue weighted by molar-refractivity contribution is 7.13. The molecule has 1 unspecified atom stereocenters. The molecule has 1 aromatic carbocycles. The van der Waals surface area contributed by atoms with Crippen LogP contribution in [0.3, 0.4) is 0 Å². The highest BCUT2D eigenvalue weighted by Crippen LogP contribution is 2.35. The average Bonchev–Trinajstić information content (AvgIpc) is 3.37. The van der Waals surface area contributed by atoms with E-state index >= 15 is 0 Å². The predicted octanol–water partition coefficient (Wildman–Crippen LogP) is 5.88. The zero-order valence-electron chi connectivity index (χ0n) is 23.0. The molecule has 2 N–H and O–H groups in total. The number of carbonyl (C=O) groups excluding carboxylic acids is 2. The molecule has 4 rings (SSSR count). The SMILES string of the molecule is Cc1cccc(C)c1-c1cc([C@@H](CC(=O)O)NC(=O)[C@H](CC(C)C)N2CC(c3ccccn3)CCC2=O)cs1. The Morgan fingerprint density at radius 1 is 1.15 bits per heavy atom. The molecule has 2 amide bonds. The van der Waals surface area contributed by atoms with E-state index in [-0.39, 0.29) is 30.1 Å². The topological polar surface area (TPSA) is 99.6 Å². The number of aliphatic carboxylic acids is 1. The summed E-state index contributed by atoms with van der Waals surface area (Å²) in [5.41, 5.74) is 5.09. The maximum atomic E-state index is 13.8. The van der Waals surface area contributed by atoms with Gasteiger partial charge in [-0.25, -0.2) is 0 Å². The van der Waals surface area contributed by atoms with Gasteiger partial charge in [-0.15, -0.1) is 11.3 Å². The second-order valence-corrected chi connectivity index (χ2v) is 11.8. The summed E-state index contributed by atoms with van der Waals surface area (Å²) in [4.78, 5) is 45.9. The molecule has 0 radical (unpaired) electrons. The Bertz CT molecular complexity index is 1300. The molecule has 206 valence electrons. The lowest BCUT2D eigenvalue weighted by Crippen LogP contribution is -2.53. The number of pyridine rings is 1. The Balaban J connectivity index is 1.59. The van der Waals surface area contributed by atoms with E-state index < -0.39 is 18.1 Å². The number of carbonyl (C=O) groups is 3. The molecule has 7 nitrogen and oxygen atoms in total. The fourth-order valence-electron chi connectivity index (χ4n) is 5.42. The third-order valence-corrected chi connectivity index (χ3v) is 8.33. The van der Waals surface area contributed by atoms with Crippen LogP contribution in [-0.2, 0) is 14.4 Å². The molecule has 8 heteroatoms. The summed E-state index contributed by atoms with van der Waals surface area (Å²) in [6.45, 7) is 8.58. The van der Waals surface area contributed by atoms with Crippen LogP contribution in [0.1, 0.15) is 73.9 Å². The number of nitrogens with zero attached hydrogens (tertiary/aromatic N) is 2. The van der Waals surface area contributed by atoms with Crippen molar-refractivity contribution in [1.29, 1.82) is 0 Å². The van der Waals surface area contributed by atoms with E-state index in [1.807, 2.05) is 49.6 Å². The van der Waals surface area contributed by atoms with E-state index in [2.05, 4.69) is 36.3 Å². The first-order valence-electron chi connectivity index (χ1n) is 13.5. The van der Waals surface area contributed by atoms with Crippen LogP contribution < -0.4 is 5.32 Å². The molecule has 1 saturated heterocycles. The van der Waals surface area contributed by atoms with Crippen LogP contribution in [0.15, 0.2) is 54.0 Å². The van der Waals surface area contributed by atoms with Gasteiger partial charge in [0, 0.05) is 35.7 Å². The summed E-state index contributed by atoms with van der Waals surface area (Å²) in [5.74, 6) is -1.14. The zero-order valence-corrected chi connectivity index (χ0v) is 23.8. The third kappa shape index (κ3) is 6.92. The summed E-state index contributed by atoms with van der Waals surface area (Å²) < 4.78 is 0. The first-order chi connectivity index (χ1) is 18.6. The minimum absolute atomic E-state index is 0.0504. The second kappa shape index (κ2) is 12.6. The molecule has 39 heavy (non-hydrogen) atoms. The number of aryl methyl sites for hydroxylation is 2. The summed E-state index contributed by atoms with van der Waals surface area (Å²) >= 11 is 1.54. The highest BCUT2D eigenvalue weighted by Gasteiger charge is 2.37. The number of piperidine rings is 1. The number of carboxylic acid groups (broad SMARTS) is 1. The van der Waals surface area contributed by atoms with Crippen molar-refractivity contribution >= 4 is 29.1 Å². The Hall–Kier alpha value is -3.52. The van der Waals surface area contributed by atoms with Crippen molar-refractivity contribution in [3.8, 4) is 10.4 Å². The monoisotopic (exact) mass is 547 g/mol. The van der Waals surface area contributed by atoms with Crippen molar-refractivity contribution in [3.05, 3.63) is 76.4 Å². The number of aromatic nitrogens is 1. The van der Waals surface area contributed by atoms with Crippen LogP contribution in [0, 0.1) is 19.8 Å². The summed E-state index contributed by atoms with van der Waals surface area (Å²) in [6, 6.07) is 12.5. The Kier molecular flexibility index (Phi) is 9.17. The van der Waals surface area contributed by atoms with E-state index in [1.165, 1.54) is 0 Å². The van der Waals surface area contributed by atoms with Gasteiger partial charge in [0.1, 0.15) is 6.04 Å². The third-order valence-electron chi connectivity index (χ3n) is 7.37. The molecule has 3 heterocycles. The molecule has 3 atom stereocenters. The van der Waals surface area contributed by atoms with Crippen molar-refractivity contribution in [1.82, 2.24) is 15.2 Å². The van der Waals surface area contributed by atoms with E-state index in [1.54, 1.807) is 22.4 Å². The van der Waals surface area contributed by atoms with Crippen LogP contribution in [0.25, 0.3) is 10.4 Å². The molecule has 0 spiro atoms. The van der Waals surface area contributed by atoms with Gasteiger partial charge in [-0.3, -0.25) is 19.4 Å². The number of hydrogen-bond donors (Lipinski definition) is 2. The number of rotatable bonds is 10. The van der Waals surface area contributed by atoms with Crippen LogP contribution >= 0.6 is 11.3 Å². The first kappa shape index (κ1) is 28.5. The normalized spacial score (nSPS) is 17.2. The fraction of sp³-hybridized carbons (Fsp3) is 0.419. The van der Waals surface area contributed by atoms with Gasteiger partial charge in [0.05, 0.1) is 12.5 Å². The summed E-state index contributed by atoms with van der Waals surface area (Å²) in [6.07, 6.45) is 3.04. The molecular formula is C31H37N3O4S. The van der Waals surface area contributed by atoms with Crippen molar-refractivity contribution in [2.24, 2.45) is 5.92 Å². The van der Waals surface area contributed by atoms with E-state index in [0.29, 0.717) is 25.8 Å². The first-order valence-corrected chi connectivity index (χ1v) is 14.4. The van der Waals surface area contributed by atoms with Crippen LogP contribution in [0.2, 0.25) is 0 Å². The lowest BCUT2D eigenvalue weighted by atomic mass is 9.90. The molecule has 3 aromatic rings. The Morgan fingerprint density at radius 2 is 1.90 bits per heavy atom. The van der Waals surface area contributed by atoms with Gasteiger partial charge in [-0.1, -0.05) is 38.1 Å². The molecule has 0 saturated carbocycles. The molecular weight excluding hydrogens is 510 g/mol. The molecule has 1 aliphatic rings. The average molecular weight is 548 g/mol. The number of thiophene rings is 1. The number of hydrogen-bond acceptors (Lipinski definition) is 5.